The average Bonchev–Trinajstić information content (AvgIpc) is 2.63. The number of benzene rings is 2. The summed E-state index contributed by atoms with van der Waals surface area (Å²) in [7, 11) is 1.96. The molecule has 1 aromatic heterocycles. The summed E-state index contributed by atoms with van der Waals surface area (Å²) in [4.78, 5) is 8.69. The molecule has 0 bridgehead atoms. The lowest BCUT2D eigenvalue weighted by molar-refractivity contribution is 0.443. The summed E-state index contributed by atoms with van der Waals surface area (Å²) in [6.45, 7) is 5.13. The molecule has 0 aliphatic heterocycles. The van der Waals surface area contributed by atoms with E-state index in [1.807, 2.05) is 31.3 Å². The Morgan fingerprint density at radius 2 is 1.80 bits per heavy atom. The van der Waals surface area contributed by atoms with E-state index in [1.54, 1.807) is 18.5 Å². The van der Waals surface area contributed by atoms with Crippen LogP contribution in [0.4, 0.5) is 10.2 Å². The van der Waals surface area contributed by atoms with Crippen molar-refractivity contribution in [1.82, 2.24) is 15.3 Å². The monoisotopic (exact) mass is 338 g/mol. The molecule has 1 unspecified atom stereocenters. The number of anilines is 1. The van der Waals surface area contributed by atoms with Gasteiger partial charge >= 0.3 is 0 Å². The van der Waals surface area contributed by atoms with Gasteiger partial charge in [-0.1, -0.05) is 38.1 Å². The van der Waals surface area contributed by atoms with Crippen LogP contribution in [0.5, 0.6) is 0 Å². The normalized spacial score (nSPS) is 12.5. The highest BCUT2D eigenvalue weighted by atomic mass is 19.1. The van der Waals surface area contributed by atoms with Crippen LogP contribution >= 0.6 is 0 Å². The molecule has 0 amide bonds. The first-order valence-electron chi connectivity index (χ1n) is 8.51. The molecule has 2 N–H and O–H groups in total. The maximum atomic E-state index is 14.0. The molecule has 0 aliphatic rings. The highest BCUT2D eigenvalue weighted by molar-refractivity contribution is 5.96. The molecule has 4 nitrogen and oxygen atoms in total. The Morgan fingerprint density at radius 1 is 1.04 bits per heavy atom. The van der Waals surface area contributed by atoms with Gasteiger partial charge < -0.3 is 10.6 Å². The van der Waals surface area contributed by atoms with Crippen molar-refractivity contribution < 1.29 is 4.39 Å². The van der Waals surface area contributed by atoms with Crippen LogP contribution in [-0.4, -0.2) is 29.6 Å². The minimum atomic E-state index is -0.222. The highest BCUT2D eigenvalue weighted by Gasteiger charge is 2.12. The number of halogens is 1. The highest BCUT2D eigenvalue weighted by Crippen LogP contribution is 2.29. The maximum absolute atomic E-state index is 14.0. The van der Waals surface area contributed by atoms with Gasteiger partial charge in [0.25, 0.3) is 0 Å². The van der Waals surface area contributed by atoms with Crippen molar-refractivity contribution in [2.75, 3.05) is 18.9 Å². The van der Waals surface area contributed by atoms with Crippen LogP contribution in [0.25, 0.3) is 22.0 Å². The zero-order valence-corrected chi connectivity index (χ0v) is 14.8. The fourth-order valence-electron chi connectivity index (χ4n) is 2.97. The number of hydrogen-bond donors (Lipinski definition) is 2. The second-order valence-electron chi connectivity index (χ2n) is 6.45. The van der Waals surface area contributed by atoms with E-state index in [2.05, 4.69) is 34.4 Å². The largest absolute Gasteiger partial charge is 0.368 e. The Kier molecular flexibility index (Phi) is 5.24. The molecule has 3 aromatic rings. The van der Waals surface area contributed by atoms with Crippen molar-refractivity contribution in [2.45, 2.75) is 19.9 Å². The van der Waals surface area contributed by atoms with Crippen molar-refractivity contribution in [3.8, 4) is 11.3 Å². The Balaban J connectivity index is 1.91. The van der Waals surface area contributed by atoms with Gasteiger partial charge in [-0.3, -0.25) is 0 Å². The van der Waals surface area contributed by atoms with Gasteiger partial charge in [-0.2, -0.15) is 0 Å². The number of hydrogen-bond acceptors (Lipinski definition) is 4. The second-order valence-corrected chi connectivity index (χ2v) is 6.45. The summed E-state index contributed by atoms with van der Waals surface area (Å²) < 4.78 is 14.0. The van der Waals surface area contributed by atoms with Crippen LogP contribution in [0.3, 0.4) is 0 Å². The molecule has 0 spiro atoms. The minimum absolute atomic E-state index is 0.222. The fraction of sp³-hybridized carbons (Fsp3) is 0.300. The van der Waals surface area contributed by atoms with Crippen molar-refractivity contribution in [3.63, 3.8) is 0 Å². The lowest BCUT2D eigenvalue weighted by Crippen LogP contribution is -2.37. The quantitative estimate of drug-likeness (QED) is 0.711. The Bertz CT molecular complexity index is 863. The second kappa shape index (κ2) is 7.57. The van der Waals surface area contributed by atoms with Crippen molar-refractivity contribution >= 4 is 16.6 Å². The summed E-state index contributed by atoms with van der Waals surface area (Å²) in [5, 5.41) is 8.11. The standard InChI is InChI=1S/C20H23FN4/c1-13(2)19(22-3)11-23-20-10-18(24-12-25-20)16-8-9-17(21)15-7-5-4-6-14(15)16/h4-10,12-13,19,22H,11H2,1-3H3,(H,23,24,25). The third-order valence-electron chi connectivity index (χ3n) is 4.49. The predicted octanol–water partition coefficient (Wildman–Crippen LogP) is 4.09. The third kappa shape index (κ3) is 3.77. The van der Waals surface area contributed by atoms with E-state index >= 15 is 0 Å². The lowest BCUT2D eigenvalue weighted by Gasteiger charge is -2.20. The Labute approximate surface area is 147 Å². The molecule has 2 aromatic carbocycles. The summed E-state index contributed by atoms with van der Waals surface area (Å²) in [5.74, 6) is 1.06. The number of fused-ring (bicyclic) bond motifs is 1. The van der Waals surface area contributed by atoms with E-state index in [1.165, 1.54) is 6.07 Å². The van der Waals surface area contributed by atoms with Crippen molar-refractivity contribution in [2.24, 2.45) is 5.92 Å². The summed E-state index contributed by atoms with van der Waals surface area (Å²) in [6, 6.07) is 13.0. The van der Waals surface area contributed by atoms with E-state index in [9.17, 15) is 4.39 Å². The molecule has 0 saturated carbocycles. The van der Waals surface area contributed by atoms with Gasteiger partial charge in [0.1, 0.15) is 18.0 Å². The molecular formula is C20H23FN4. The zero-order chi connectivity index (χ0) is 17.8. The van der Waals surface area contributed by atoms with Gasteiger partial charge in [0, 0.05) is 29.6 Å². The van der Waals surface area contributed by atoms with Gasteiger partial charge in [0.15, 0.2) is 0 Å². The van der Waals surface area contributed by atoms with Crippen LogP contribution in [-0.2, 0) is 0 Å². The van der Waals surface area contributed by atoms with Gasteiger partial charge in [-0.25, -0.2) is 14.4 Å². The zero-order valence-electron chi connectivity index (χ0n) is 14.8. The number of nitrogens with one attached hydrogen (secondary N) is 2. The summed E-state index contributed by atoms with van der Waals surface area (Å²) in [6.07, 6.45) is 1.54. The van der Waals surface area contributed by atoms with Crippen LogP contribution in [0.1, 0.15) is 13.8 Å². The molecule has 0 fully saturated rings. The fourth-order valence-corrected chi connectivity index (χ4v) is 2.97. The third-order valence-corrected chi connectivity index (χ3v) is 4.49. The van der Waals surface area contributed by atoms with Crippen LogP contribution < -0.4 is 10.6 Å². The van der Waals surface area contributed by atoms with Gasteiger partial charge in [0.2, 0.25) is 0 Å². The summed E-state index contributed by atoms with van der Waals surface area (Å²) in [5.41, 5.74) is 1.68. The molecule has 0 aliphatic carbocycles. The maximum Gasteiger partial charge on any atom is 0.131 e. The lowest BCUT2D eigenvalue weighted by atomic mass is 10.0. The molecule has 5 heteroatoms. The van der Waals surface area contributed by atoms with E-state index in [0.29, 0.717) is 17.3 Å². The SMILES string of the molecule is CNC(CNc1cc(-c2ccc(F)c3ccccc23)ncn1)C(C)C. The number of rotatable bonds is 6. The van der Waals surface area contributed by atoms with Gasteiger partial charge in [0.05, 0.1) is 5.69 Å². The molecule has 0 saturated heterocycles. The molecule has 1 heterocycles. The Hall–Kier alpha value is -2.53. The van der Waals surface area contributed by atoms with E-state index < -0.39 is 0 Å². The predicted molar refractivity (Wildman–Crippen MR) is 101 cm³/mol. The molecule has 3 rings (SSSR count). The topological polar surface area (TPSA) is 49.8 Å². The molecule has 1 atom stereocenters. The first kappa shape index (κ1) is 17.3. The Morgan fingerprint density at radius 3 is 2.52 bits per heavy atom. The summed E-state index contributed by atoms with van der Waals surface area (Å²) >= 11 is 0. The van der Waals surface area contributed by atoms with Crippen molar-refractivity contribution in [1.29, 1.82) is 0 Å². The van der Waals surface area contributed by atoms with Gasteiger partial charge in [-0.15, -0.1) is 0 Å². The van der Waals surface area contributed by atoms with Crippen LogP contribution in [0.15, 0.2) is 48.8 Å². The number of nitrogens with zero attached hydrogens (tertiary/aromatic N) is 2. The van der Waals surface area contributed by atoms with Crippen LogP contribution in [0.2, 0.25) is 0 Å². The van der Waals surface area contributed by atoms with E-state index in [-0.39, 0.29) is 5.82 Å². The molecule has 25 heavy (non-hydrogen) atoms. The minimum Gasteiger partial charge on any atom is -0.368 e. The van der Waals surface area contributed by atoms with E-state index in [0.717, 1.165) is 29.0 Å². The molecule has 130 valence electrons. The molecule has 0 radical (unpaired) electrons. The van der Waals surface area contributed by atoms with Crippen molar-refractivity contribution in [3.05, 3.63) is 54.6 Å². The van der Waals surface area contributed by atoms with Gasteiger partial charge in [-0.05, 0) is 30.5 Å². The average molecular weight is 338 g/mol. The smallest absolute Gasteiger partial charge is 0.131 e. The first-order valence-corrected chi connectivity index (χ1v) is 8.51. The molecular weight excluding hydrogens is 315 g/mol. The number of likely N-dealkylation sites (N-methyl/N-ethyl adjacent to an activating group) is 1. The number of aromatic nitrogens is 2. The first-order chi connectivity index (χ1) is 12.1. The van der Waals surface area contributed by atoms with E-state index in [4.69, 9.17) is 0 Å². The van der Waals surface area contributed by atoms with Crippen LogP contribution in [0, 0.1) is 11.7 Å².